The summed E-state index contributed by atoms with van der Waals surface area (Å²) in [6, 6.07) is 22.3. The molecule has 9 nitrogen and oxygen atoms in total. The van der Waals surface area contributed by atoms with E-state index in [9.17, 15) is 9.59 Å². The minimum absolute atomic E-state index is 0.0121. The number of nitrogens with zero attached hydrogens (tertiary/aromatic N) is 2. The predicted molar refractivity (Wildman–Crippen MR) is 158 cm³/mol. The molecule has 0 radical (unpaired) electrons. The second-order valence-corrected chi connectivity index (χ2v) is 12.1. The van der Waals surface area contributed by atoms with E-state index >= 15 is 0 Å². The quantitative estimate of drug-likeness (QED) is 0.272. The molecule has 1 saturated carbocycles. The number of hydrogen-bond donors (Lipinski definition) is 3. The van der Waals surface area contributed by atoms with Crippen LogP contribution in [-0.2, 0) is 14.3 Å². The van der Waals surface area contributed by atoms with E-state index in [0.717, 1.165) is 5.56 Å². The second-order valence-electron chi connectivity index (χ2n) is 11.3. The lowest BCUT2D eigenvalue weighted by Gasteiger charge is -2.56. The van der Waals surface area contributed by atoms with Crippen LogP contribution >= 0.6 is 11.3 Å². The van der Waals surface area contributed by atoms with E-state index in [-0.39, 0.29) is 23.7 Å². The highest BCUT2D eigenvalue weighted by Crippen LogP contribution is 2.64. The summed E-state index contributed by atoms with van der Waals surface area (Å²) in [5.41, 5.74) is 13.8. The third kappa shape index (κ3) is 4.43. The van der Waals surface area contributed by atoms with Gasteiger partial charge in [-0.25, -0.2) is 4.98 Å². The Morgan fingerprint density at radius 3 is 2.43 bits per heavy atom. The lowest BCUT2D eigenvalue weighted by Crippen LogP contribution is -2.56. The van der Waals surface area contributed by atoms with Gasteiger partial charge >= 0.3 is 0 Å². The maximum absolute atomic E-state index is 13.9. The minimum Gasteiger partial charge on any atom is -0.502 e. The maximum Gasteiger partial charge on any atom is 0.255 e. The fourth-order valence-corrected chi connectivity index (χ4v) is 7.43. The number of ether oxygens (including phenoxy) is 2. The van der Waals surface area contributed by atoms with E-state index in [1.54, 1.807) is 42.5 Å². The van der Waals surface area contributed by atoms with Gasteiger partial charge in [0.15, 0.2) is 16.6 Å². The van der Waals surface area contributed by atoms with Crippen molar-refractivity contribution in [3.05, 3.63) is 100 Å². The Labute approximate surface area is 246 Å². The van der Waals surface area contributed by atoms with Gasteiger partial charge in [0.05, 0.1) is 24.3 Å². The normalized spacial score (nSPS) is 23.4. The lowest BCUT2D eigenvalue weighted by atomic mass is 9.52. The highest BCUT2D eigenvalue weighted by atomic mass is 32.1. The molecule has 3 atom stereocenters. The SMILES string of the molecule is CC1(C(=O)Nc2nc(-c3cccc(C(=O)Nc4ccc([NH+]=[N-])cc4)c3)cs2)CC2c3ccccc3C1CC21OCCO1. The molecule has 2 fully saturated rings. The number of aromatic nitrogens is 1. The van der Waals surface area contributed by atoms with Crippen LogP contribution in [-0.4, -0.2) is 35.8 Å². The van der Waals surface area contributed by atoms with Crippen LogP contribution < -0.4 is 15.7 Å². The van der Waals surface area contributed by atoms with Gasteiger partial charge in [0.1, 0.15) is 0 Å². The molecule has 1 aromatic heterocycles. The van der Waals surface area contributed by atoms with Gasteiger partial charge in [-0.3, -0.25) is 14.7 Å². The molecule has 8 rings (SSSR count). The highest BCUT2D eigenvalue weighted by molar-refractivity contribution is 7.14. The summed E-state index contributed by atoms with van der Waals surface area (Å²) >= 11 is 1.36. The summed E-state index contributed by atoms with van der Waals surface area (Å²) in [7, 11) is 0. The van der Waals surface area contributed by atoms with E-state index in [1.165, 1.54) is 22.5 Å². The number of amides is 2. The maximum atomic E-state index is 13.9. The van der Waals surface area contributed by atoms with Crippen molar-refractivity contribution in [1.29, 1.82) is 0 Å². The first kappa shape index (κ1) is 26.6. The highest BCUT2D eigenvalue weighted by Gasteiger charge is 2.63. The van der Waals surface area contributed by atoms with Crippen LogP contribution in [0.25, 0.3) is 16.8 Å². The number of carbonyl (C=O) groups is 2. The van der Waals surface area contributed by atoms with E-state index in [4.69, 9.17) is 20.0 Å². The molecule has 1 saturated heterocycles. The second kappa shape index (κ2) is 10.2. The van der Waals surface area contributed by atoms with Gasteiger partial charge in [0.2, 0.25) is 5.91 Å². The van der Waals surface area contributed by atoms with Crippen LogP contribution in [0.4, 0.5) is 16.5 Å². The number of fused-ring (bicyclic) bond motifs is 1. The third-order valence-corrected chi connectivity index (χ3v) is 9.63. The molecule has 2 amide bonds. The van der Waals surface area contributed by atoms with Crippen LogP contribution in [0.2, 0.25) is 0 Å². The molecule has 212 valence electrons. The first-order valence-corrected chi connectivity index (χ1v) is 14.8. The van der Waals surface area contributed by atoms with Gasteiger partial charge in [0, 0.05) is 52.6 Å². The smallest absolute Gasteiger partial charge is 0.255 e. The van der Waals surface area contributed by atoms with Crippen molar-refractivity contribution in [2.75, 3.05) is 23.8 Å². The molecule has 3 aliphatic carbocycles. The number of anilines is 2. The van der Waals surface area contributed by atoms with Crippen molar-refractivity contribution >= 4 is 39.7 Å². The lowest BCUT2D eigenvalue weighted by molar-refractivity contribution is -0.379. The summed E-state index contributed by atoms with van der Waals surface area (Å²) in [6.07, 6.45) is 1.29. The van der Waals surface area contributed by atoms with Crippen LogP contribution in [0.5, 0.6) is 0 Å². The summed E-state index contributed by atoms with van der Waals surface area (Å²) in [6.45, 7) is 3.20. The van der Waals surface area contributed by atoms with Gasteiger partial charge in [-0.2, -0.15) is 0 Å². The largest absolute Gasteiger partial charge is 0.502 e. The molecule has 1 spiro atoms. The van der Waals surface area contributed by atoms with Gasteiger partial charge in [-0.05, 0) is 41.8 Å². The van der Waals surface area contributed by atoms with Crippen LogP contribution in [0.15, 0.2) is 78.2 Å². The van der Waals surface area contributed by atoms with Crippen molar-refractivity contribution in [3.63, 3.8) is 0 Å². The monoisotopic (exact) mass is 579 g/mol. The molecule has 4 aromatic rings. The zero-order valence-electron chi connectivity index (χ0n) is 22.9. The number of nitrogens with one attached hydrogen (secondary N) is 3. The standard InChI is InChI=1S/C32H29N5O4S/c1-31(16-26-24-8-3-2-7-23(24)25(31)17-32(26)40-13-14-41-32)29(39)36-30-35-27(18-42-30)19-5-4-6-20(15-19)28(38)34-21-9-11-22(37-33)12-10-21/h2-12,15,18,25-26,37H,13-14,16-17H2,1H3,(H,34,38)(H,35,36,39). The van der Waals surface area contributed by atoms with Crippen molar-refractivity contribution in [3.8, 4) is 11.3 Å². The molecule has 3 N–H and O–H groups in total. The number of hydrogen-bond acceptors (Lipinski definition) is 6. The molecule has 3 unspecified atom stereocenters. The first-order valence-electron chi connectivity index (χ1n) is 13.9. The summed E-state index contributed by atoms with van der Waals surface area (Å²) in [4.78, 5) is 31.5. The van der Waals surface area contributed by atoms with Crippen molar-refractivity contribution < 1.29 is 24.2 Å². The zero-order valence-corrected chi connectivity index (χ0v) is 23.7. The van der Waals surface area contributed by atoms with Crippen LogP contribution in [0.3, 0.4) is 0 Å². The van der Waals surface area contributed by atoms with Gasteiger partial charge in [0.25, 0.3) is 5.91 Å². The summed E-state index contributed by atoms with van der Waals surface area (Å²) < 4.78 is 12.4. The van der Waals surface area contributed by atoms with Crippen molar-refractivity contribution in [2.24, 2.45) is 5.41 Å². The molecule has 10 heteroatoms. The molecule has 2 bridgehead atoms. The Hall–Kier alpha value is -4.25. The Bertz CT molecular complexity index is 1700. The van der Waals surface area contributed by atoms with Gasteiger partial charge in [-0.15, -0.1) is 11.3 Å². The topological polar surface area (TPSA) is 126 Å². The first-order chi connectivity index (χ1) is 20.4. The number of thiazole rings is 1. The van der Waals surface area contributed by atoms with E-state index in [0.29, 0.717) is 53.8 Å². The third-order valence-electron chi connectivity index (χ3n) is 8.88. The molecule has 42 heavy (non-hydrogen) atoms. The molecular weight excluding hydrogens is 550 g/mol. The van der Waals surface area contributed by atoms with E-state index in [2.05, 4.69) is 27.9 Å². The van der Waals surface area contributed by atoms with Crippen LogP contribution in [0, 0.1) is 5.41 Å². The fourth-order valence-electron chi connectivity index (χ4n) is 6.71. The number of carbonyl (C=O) groups excluding carboxylic acids is 2. The minimum atomic E-state index is -0.648. The van der Waals surface area contributed by atoms with E-state index in [1.807, 2.05) is 30.5 Å². The Kier molecular flexibility index (Phi) is 6.49. The Morgan fingerprint density at radius 2 is 1.69 bits per heavy atom. The average Bonchev–Trinajstić information content (AvgIpc) is 3.69. The van der Waals surface area contributed by atoms with Crippen molar-refractivity contribution in [1.82, 2.24) is 4.98 Å². The number of rotatable bonds is 6. The zero-order chi connectivity index (χ0) is 28.9. The molecule has 1 aliphatic heterocycles. The van der Waals surface area contributed by atoms with Gasteiger partial charge in [-0.1, -0.05) is 43.3 Å². The van der Waals surface area contributed by atoms with Crippen LogP contribution in [0.1, 0.15) is 53.1 Å². The van der Waals surface area contributed by atoms with Gasteiger partial charge < -0.3 is 25.6 Å². The molecular formula is C32H29N5O4S. The number of benzene rings is 3. The molecule has 3 aromatic carbocycles. The summed E-state index contributed by atoms with van der Waals surface area (Å²) in [5, 5.41) is 10.4. The Morgan fingerprint density at radius 1 is 0.952 bits per heavy atom. The Balaban J connectivity index is 1.08. The summed E-state index contributed by atoms with van der Waals surface area (Å²) in [5.74, 6) is -1.02. The fraction of sp³-hybridized carbons (Fsp3) is 0.281. The molecule has 2 heterocycles. The van der Waals surface area contributed by atoms with Crippen molar-refractivity contribution in [2.45, 2.75) is 37.4 Å². The van der Waals surface area contributed by atoms with E-state index < -0.39 is 11.2 Å². The molecule has 4 aliphatic rings. The predicted octanol–water partition coefficient (Wildman–Crippen LogP) is 5.16. The average molecular weight is 580 g/mol.